The highest BCUT2D eigenvalue weighted by Crippen LogP contribution is 2.23. The molecule has 1 saturated heterocycles. The van der Waals surface area contributed by atoms with Crippen LogP contribution in [-0.4, -0.2) is 40.8 Å². The predicted molar refractivity (Wildman–Crippen MR) is 86.9 cm³/mol. The highest BCUT2D eigenvalue weighted by molar-refractivity contribution is 7.89. The quantitative estimate of drug-likeness (QED) is 0.756. The van der Waals surface area contributed by atoms with Crippen LogP contribution >= 0.6 is 12.4 Å². The fourth-order valence-corrected chi connectivity index (χ4v) is 3.34. The van der Waals surface area contributed by atoms with Crippen LogP contribution in [0.25, 0.3) is 0 Å². The number of nitrogens with one attached hydrogen (secondary N) is 1. The van der Waals surface area contributed by atoms with Gasteiger partial charge in [0.1, 0.15) is 0 Å². The minimum atomic E-state index is -3.79. The molecule has 1 aromatic rings. The van der Waals surface area contributed by atoms with Gasteiger partial charge in [0.15, 0.2) is 11.6 Å². The van der Waals surface area contributed by atoms with Crippen molar-refractivity contribution in [3.05, 3.63) is 24.0 Å². The number of rotatable bonds is 7. The van der Waals surface area contributed by atoms with E-state index in [1.54, 1.807) is 6.92 Å². The van der Waals surface area contributed by atoms with E-state index in [4.69, 9.17) is 15.2 Å². The van der Waals surface area contributed by atoms with Crippen molar-refractivity contribution in [3.63, 3.8) is 0 Å². The Kier molecular flexibility index (Phi) is 7.69. The summed E-state index contributed by atoms with van der Waals surface area (Å²) in [5, 5.41) is 0. The highest BCUT2D eigenvalue weighted by Gasteiger charge is 2.20. The SMILES string of the molecule is C[C@@H](CN)NS(=O)(=O)c1ccc(OCC2CCOC2)c(F)c1.Cl. The van der Waals surface area contributed by atoms with Crippen LogP contribution in [-0.2, 0) is 14.8 Å². The average molecular weight is 369 g/mol. The molecule has 132 valence electrons. The lowest BCUT2D eigenvalue weighted by Crippen LogP contribution is -2.37. The molecule has 0 spiro atoms. The molecule has 1 aromatic carbocycles. The molecule has 0 radical (unpaired) electrons. The van der Waals surface area contributed by atoms with Crippen LogP contribution in [0.3, 0.4) is 0 Å². The Hall–Kier alpha value is -0.930. The number of hydrogen-bond acceptors (Lipinski definition) is 5. The summed E-state index contributed by atoms with van der Waals surface area (Å²) in [5.74, 6) is -0.421. The van der Waals surface area contributed by atoms with E-state index in [9.17, 15) is 12.8 Å². The normalized spacial score (nSPS) is 19.2. The maximum Gasteiger partial charge on any atom is 0.240 e. The number of halogens is 2. The number of hydrogen-bond donors (Lipinski definition) is 2. The lowest BCUT2D eigenvalue weighted by Gasteiger charge is -2.14. The van der Waals surface area contributed by atoms with E-state index < -0.39 is 21.9 Å². The molecular formula is C14H22ClFN2O4S. The molecule has 1 unspecified atom stereocenters. The van der Waals surface area contributed by atoms with Gasteiger partial charge in [-0.05, 0) is 31.5 Å². The molecule has 0 bridgehead atoms. The lowest BCUT2D eigenvalue weighted by atomic mass is 10.1. The smallest absolute Gasteiger partial charge is 0.240 e. The molecule has 6 nitrogen and oxygen atoms in total. The Balaban J connectivity index is 0.00000264. The van der Waals surface area contributed by atoms with Gasteiger partial charge in [-0.1, -0.05) is 0 Å². The highest BCUT2D eigenvalue weighted by atomic mass is 35.5. The third-order valence-corrected chi connectivity index (χ3v) is 5.01. The summed E-state index contributed by atoms with van der Waals surface area (Å²) in [5.41, 5.74) is 5.38. The standard InChI is InChI=1S/C14H21FN2O4S.ClH/c1-10(7-16)17-22(18,19)12-2-3-14(13(15)6-12)21-9-11-4-5-20-8-11;/h2-3,6,10-11,17H,4-5,7-9,16H2,1H3;1H/t10-,11?;/m0./s1. The van der Waals surface area contributed by atoms with Crippen molar-refractivity contribution >= 4 is 22.4 Å². The summed E-state index contributed by atoms with van der Waals surface area (Å²) >= 11 is 0. The third kappa shape index (κ3) is 5.58. The topological polar surface area (TPSA) is 90.7 Å². The molecule has 3 N–H and O–H groups in total. The van der Waals surface area contributed by atoms with Gasteiger partial charge in [0.25, 0.3) is 0 Å². The average Bonchev–Trinajstić information content (AvgIpc) is 2.98. The van der Waals surface area contributed by atoms with Crippen molar-refractivity contribution in [3.8, 4) is 5.75 Å². The largest absolute Gasteiger partial charge is 0.490 e. The van der Waals surface area contributed by atoms with E-state index in [2.05, 4.69) is 4.72 Å². The van der Waals surface area contributed by atoms with E-state index in [0.29, 0.717) is 19.8 Å². The molecule has 1 fully saturated rings. The fourth-order valence-electron chi connectivity index (χ4n) is 2.07. The van der Waals surface area contributed by atoms with Gasteiger partial charge in [-0.25, -0.2) is 17.5 Å². The monoisotopic (exact) mass is 368 g/mol. The Bertz CT molecular complexity index is 609. The van der Waals surface area contributed by atoms with Crippen molar-refractivity contribution in [1.29, 1.82) is 0 Å². The second-order valence-electron chi connectivity index (χ2n) is 5.39. The first-order chi connectivity index (χ1) is 10.4. The van der Waals surface area contributed by atoms with Crippen molar-refractivity contribution in [2.45, 2.75) is 24.3 Å². The van der Waals surface area contributed by atoms with E-state index in [1.165, 1.54) is 12.1 Å². The van der Waals surface area contributed by atoms with Crippen molar-refractivity contribution in [2.75, 3.05) is 26.4 Å². The Morgan fingerprint density at radius 3 is 2.83 bits per heavy atom. The maximum atomic E-state index is 14.0. The maximum absolute atomic E-state index is 14.0. The van der Waals surface area contributed by atoms with Gasteiger partial charge in [-0.3, -0.25) is 0 Å². The second kappa shape index (κ2) is 8.79. The molecule has 1 aliphatic heterocycles. The summed E-state index contributed by atoms with van der Waals surface area (Å²) in [4.78, 5) is -0.151. The first-order valence-corrected chi connectivity index (χ1v) is 8.63. The van der Waals surface area contributed by atoms with E-state index in [1.807, 2.05) is 0 Å². The third-order valence-electron chi connectivity index (χ3n) is 3.42. The van der Waals surface area contributed by atoms with Gasteiger partial charge < -0.3 is 15.2 Å². The van der Waals surface area contributed by atoms with Gasteiger partial charge in [-0.2, -0.15) is 0 Å². The van der Waals surface area contributed by atoms with E-state index >= 15 is 0 Å². The molecule has 0 amide bonds. The van der Waals surface area contributed by atoms with Crippen molar-refractivity contribution < 1.29 is 22.3 Å². The number of benzene rings is 1. The first kappa shape index (κ1) is 20.1. The summed E-state index contributed by atoms with van der Waals surface area (Å²) in [6, 6.07) is 3.17. The van der Waals surface area contributed by atoms with Crippen molar-refractivity contribution in [1.82, 2.24) is 4.72 Å². The molecule has 1 heterocycles. The van der Waals surface area contributed by atoms with Crippen molar-refractivity contribution in [2.24, 2.45) is 11.7 Å². The van der Waals surface area contributed by atoms with Gasteiger partial charge in [-0.15, -0.1) is 12.4 Å². The summed E-state index contributed by atoms with van der Waals surface area (Å²) in [6.45, 7) is 3.45. The van der Waals surface area contributed by atoms with Crippen LogP contribution in [0.2, 0.25) is 0 Å². The lowest BCUT2D eigenvalue weighted by molar-refractivity contribution is 0.165. The molecule has 2 atom stereocenters. The molecule has 2 rings (SSSR count). The van der Waals surface area contributed by atoms with Gasteiger partial charge in [0, 0.05) is 25.1 Å². The molecular weight excluding hydrogens is 347 g/mol. The number of nitrogens with two attached hydrogens (primary N) is 1. The zero-order valence-electron chi connectivity index (χ0n) is 12.8. The summed E-state index contributed by atoms with van der Waals surface area (Å²) in [7, 11) is -3.79. The first-order valence-electron chi connectivity index (χ1n) is 7.15. The summed E-state index contributed by atoms with van der Waals surface area (Å²) < 4.78 is 51.1. The second-order valence-corrected chi connectivity index (χ2v) is 7.10. The zero-order chi connectivity index (χ0) is 16.2. The zero-order valence-corrected chi connectivity index (χ0v) is 14.5. The van der Waals surface area contributed by atoms with Crippen LogP contribution in [0.4, 0.5) is 4.39 Å². The number of sulfonamides is 1. The van der Waals surface area contributed by atoms with Gasteiger partial charge in [0.2, 0.25) is 10.0 Å². The Morgan fingerprint density at radius 2 is 2.26 bits per heavy atom. The summed E-state index contributed by atoms with van der Waals surface area (Å²) in [6.07, 6.45) is 0.884. The van der Waals surface area contributed by atoms with Gasteiger partial charge >= 0.3 is 0 Å². The number of ether oxygens (including phenoxy) is 2. The van der Waals surface area contributed by atoms with E-state index in [0.717, 1.165) is 12.5 Å². The molecule has 1 aliphatic rings. The Morgan fingerprint density at radius 1 is 1.52 bits per heavy atom. The van der Waals surface area contributed by atoms with Crippen LogP contribution in [0.15, 0.2) is 23.1 Å². The molecule has 0 saturated carbocycles. The minimum absolute atomic E-state index is 0. The molecule has 9 heteroatoms. The Labute approximate surface area is 142 Å². The van der Waals surface area contributed by atoms with E-state index in [-0.39, 0.29) is 35.5 Å². The van der Waals surface area contributed by atoms with Crippen LogP contribution in [0.1, 0.15) is 13.3 Å². The van der Waals surface area contributed by atoms with Crippen LogP contribution in [0.5, 0.6) is 5.75 Å². The minimum Gasteiger partial charge on any atom is -0.490 e. The fraction of sp³-hybridized carbons (Fsp3) is 0.571. The molecule has 0 aliphatic carbocycles. The molecule has 23 heavy (non-hydrogen) atoms. The van der Waals surface area contributed by atoms with Crippen LogP contribution < -0.4 is 15.2 Å². The predicted octanol–water partition coefficient (Wildman–Crippen LogP) is 1.29. The van der Waals surface area contributed by atoms with Gasteiger partial charge in [0.05, 0.1) is 18.1 Å². The van der Waals surface area contributed by atoms with Crippen LogP contribution in [0, 0.1) is 11.7 Å². The molecule has 0 aromatic heterocycles.